The molecule has 0 spiro atoms. The molecule has 0 aliphatic heterocycles. The number of nitrogens with zero attached hydrogens (tertiary/aromatic N) is 2. The second kappa shape index (κ2) is 13.4. The van der Waals surface area contributed by atoms with Gasteiger partial charge in [-0.15, -0.1) is 11.6 Å². The van der Waals surface area contributed by atoms with Crippen LogP contribution in [0.25, 0.3) is 11.1 Å². The summed E-state index contributed by atoms with van der Waals surface area (Å²) in [5, 5.41) is 8.83. The van der Waals surface area contributed by atoms with Crippen molar-refractivity contribution in [2.24, 2.45) is 7.05 Å². The van der Waals surface area contributed by atoms with E-state index < -0.39 is 5.91 Å². The number of benzene rings is 3. The molecule has 0 radical (unpaired) electrons. The predicted octanol–water partition coefficient (Wildman–Crippen LogP) is 6.53. The molecule has 0 bridgehead atoms. The van der Waals surface area contributed by atoms with Gasteiger partial charge in [-0.1, -0.05) is 45.0 Å². The summed E-state index contributed by atoms with van der Waals surface area (Å²) in [6.45, 7) is 8.29. The van der Waals surface area contributed by atoms with Crippen LogP contribution in [0.2, 0.25) is 0 Å². The van der Waals surface area contributed by atoms with Crippen LogP contribution in [-0.4, -0.2) is 47.2 Å². The Hall–Kier alpha value is -4.89. The van der Waals surface area contributed by atoms with E-state index in [-0.39, 0.29) is 45.6 Å². The Morgan fingerprint density at radius 1 is 0.889 bits per heavy atom. The Balaban J connectivity index is 1.65. The van der Waals surface area contributed by atoms with Crippen LogP contribution in [0.15, 0.2) is 77.7 Å². The number of aryl methyl sites for hydroxylation is 1. The van der Waals surface area contributed by atoms with Crippen molar-refractivity contribution in [1.29, 1.82) is 0 Å². The third-order valence-electron chi connectivity index (χ3n) is 7.42. The van der Waals surface area contributed by atoms with Crippen LogP contribution in [-0.2, 0) is 17.3 Å². The molecule has 0 atom stereocenters. The number of nitrogens with one attached hydrogen (secondary N) is 3. The first-order chi connectivity index (χ1) is 21.2. The van der Waals surface area contributed by atoms with Gasteiger partial charge >= 0.3 is 0 Å². The Morgan fingerprint density at radius 2 is 1.58 bits per heavy atom. The van der Waals surface area contributed by atoms with Crippen LogP contribution in [0.1, 0.15) is 52.6 Å². The number of amides is 3. The lowest BCUT2D eigenvalue weighted by Gasteiger charge is -2.19. The van der Waals surface area contributed by atoms with E-state index in [4.69, 9.17) is 11.6 Å². The number of alkyl halides is 1. The van der Waals surface area contributed by atoms with Gasteiger partial charge in [0.05, 0.1) is 11.3 Å². The molecule has 3 aromatic carbocycles. The molecule has 45 heavy (non-hydrogen) atoms. The van der Waals surface area contributed by atoms with Crippen molar-refractivity contribution in [3.63, 3.8) is 0 Å². The summed E-state index contributed by atoms with van der Waals surface area (Å²) in [6.07, 6.45) is 1.73. The van der Waals surface area contributed by atoms with Gasteiger partial charge in [-0.05, 0) is 71.5 Å². The minimum atomic E-state index is -0.469. The lowest BCUT2D eigenvalue weighted by molar-refractivity contribution is -0.113. The fourth-order valence-electron chi connectivity index (χ4n) is 4.84. The number of hydrogen-bond donors (Lipinski definition) is 3. The van der Waals surface area contributed by atoms with Crippen molar-refractivity contribution in [2.75, 3.05) is 35.9 Å². The van der Waals surface area contributed by atoms with Crippen molar-refractivity contribution in [3.8, 4) is 11.1 Å². The molecule has 0 aliphatic carbocycles. The van der Waals surface area contributed by atoms with Gasteiger partial charge < -0.3 is 25.4 Å². The first-order valence-electron chi connectivity index (χ1n) is 14.4. The van der Waals surface area contributed by atoms with Gasteiger partial charge in [0.2, 0.25) is 5.91 Å². The summed E-state index contributed by atoms with van der Waals surface area (Å²) in [7, 11) is 4.89. The highest BCUT2D eigenvalue weighted by Crippen LogP contribution is 2.31. The van der Waals surface area contributed by atoms with Crippen LogP contribution in [0.5, 0.6) is 0 Å². The van der Waals surface area contributed by atoms with Crippen LogP contribution in [0, 0.1) is 6.92 Å². The number of carbonyl (C=O) groups excluding carboxylic acids is 3. The molecule has 10 heteroatoms. The highest BCUT2D eigenvalue weighted by Gasteiger charge is 2.18. The molecule has 0 saturated heterocycles. The molecule has 0 saturated carbocycles. The molecule has 1 aromatic heterocycles. The first-order valence-corrected chi connectivity index (χ1v) is 14.9. The van der Waals surface area contributed by atoms with Gasteiger partial charge in [-0.3, -0.25) is 19.2 Å². The largest absolute Gasteiger partial charge is 0.351 e. The molecule has 3 N–H and O–H groups in total. The zero-order chi connectivity index (χ0) is 33.1. The standard InChI is InChI=1S/C35H38ClN5O4/c1-21-26(9-8-10-28(21)39-32(43)22-11-13-24(14-12-22)35(2,3)4)23-17-30(34(45)41(7)20-23)37-25-15-16-27(33(44)40(5)6)29(18-25)38-31(42)19-36/h8-18,20,37H,19H2,1-7H3,(H,38,42)(H,39,43). The van der Waals surface area contributed by atoms with E-state index in [0.29, 0.717) is 16.9 Å². The Morgan fingerprint density at radius 3 is 2.20 bits per heavy atom. The molecule has 9 nitrogen and oxygen atoms in total. The van der Waals surface area contributed by atoms with Crippen molar-refractivity contribution in [3.05, 3.63) is 106 Å². The fourth-order valence-corrected chi connectivity index (χ4v) is 4.91. The summed E-state index contributed by atoms with van der Waals surface area (Å²) in [5.74, 6) is -1.26. The first kappa shape index (κ1) is 33.0. The highest BCUT2D eigenvalue weighted by atomic mass is 35.5. The van der Waals surface area contributed by atoms with E-state index in [0.717, 1.165) is 22.3 Å². The lowest BCUT2D eigenvalue weighted by atomic mass is 9.86. The molecule has 234 valence electrons. The Bertz CT molecular complexity index is 1820. The quantitative estimate of drug-likeness (QED) is 0.192. The average Bonchev–Trinajstić information content (AvgIpc) is 2.99. The number of aromatic nitrogens is 1. The maximum Gasteiger partial charge on any atom is 0.274 e. The maximum atomic E-state index is 13.2. The predicted molar refractivity (Wildman–Crippen MR) is 182 cm³/mol. The molecule has 0 fully saturated rings. The molecule has 4 aromatic rings. The second-order valence-electron chi connectivity index (χ2n) is 12.1. The summed E-state index contributed by atoms with van der Waals surface area (Å²) >= 11 is 5.69. The smallest absolute Gasteiger partial charge is 0.274 e. The number of anilines is 4. The molecule has 0 aliphatic rings. The summed E-state index contributed by atoms with van der Waals surface area (Å²) in [6, 6.07) is 19.8. The number of carbonyl (C=O) groups is 3. The summed E-state index contributed by atoms with van der Waals surface area (Å²) in [4.78, 5) is 52.5. The number of rotatable bonds is 8. The number of pyridine rings is 1. The van der Waals surface area contributed by atoms with Crippen LogP contribution >= 0.6 is 11.6 Å². The van der Waals surface area contributed by atoms with Gasteiger partial charge in [-0.25, -0.2) is 0 Å². The average molecular weight is 628 g/mol. The van der Waals surface area contributed by atoms with Gasteiger partial charge in [-0.2, -0.15) is 0 Å². The van der Waals surface area contributed by atoms with E-state index >= 15 is 0 Å². The van der Waals surface area contributed by atoms with E-state index in [9.17, 15) is 19.2 Å². The van der Waals surface area contributed by atoms with Crippen LogP contribution < -0.4 is 21.5 Å². The molecule has 3 amide bonds. The number of halogens is 1. The lowest BCUT2D eigenvalue weighted by Crippen LogP contribution is -2.24. The van der Waals surface area contributed by atoms with Crippen molar-refractivity contribution < 1.29 is 14.4 Å². The molecular formula is C35H38ClN5O4. The van der Waals surface area contributed by atoms with E-state index in [1.54, 1.807) is 51.6 Å². The topological polar surface area (TPSA) is 113 Å². The van der Waals surface area contributed by atoms with Gasteiger partial charge in [0.25, 0.3) is 17.4 Å². The minimum absolute atomic E-state index is 0.0134. The molecule has 1 heterocycles. The van der Waals surface area contributed by atoms with Crippen LogP contribution in [0.4, 0.5) is 22.7 Å². The normalized spacial score (nSPS) is 11.1. The van der Waals surface area contributed by atoms with Gasteiger partial charge in [0, 0.05) is 49.8 Å². The third-order valence-corrected chi connectivity index (χ3v) is 7.66. The maximum absolute atomic E-state index is 13.2. The Kier molecular flexibility index (Phi) is 9.83. The summed E-state index contributed by atoms with van der Waals surface area (Å²) < 4.78 is 1.47. The second-order valence-corrected chi connectivity index (χ2v) is 12.4. The van der Waals surface area contributed by atoms with Crippen molar-refractivity contribution >= 4 is 52.1 Å². The minimum Gasteiger partial charge on any atom is -0.351 e. The highest BCUT2D eigenvalue weighted by molar-refractivity contribution is 6.29. The SMILES string of the molecule is Cc1c(NC(=O)c2ccc(C(C)(C)C)cc2)cccc1-c1cc(Nc2ccc(C(=O)N(C)C)c(NC(=O)CCl)c2)c(=O)n(C)c1. The van der Waals surface area contributed by atoms with E-state index in [2.05, 4.69) is 36.7 Å². The van der Waals surface area contributed by atoms with E-state index in [1.165, 1.54) is 9.47 Å². The molecule has 0 unspecified atom stereocenters. The van der Waals surface area contributed by atoms with Crippen LogP contribution in [0.3, 0.4) is 0 Å². The van der Waals surface area contributed by atoms with Gasteiger partial charge in [0.15, 0.2) is 0 Å². The molecular weight excluding hydrogens is 590 g/mol. The number of hydrogen-bond acceptors (Lipinski definition) is 5. The zero-order valence-corrected chi connectivity index (χ0v) is 27.3. The third kappa shape index (κ3) is 7.61. The summed E-state index contributed by atoms with van der Waals surface area (Å²) in [5.41, 5.74) is 5.79. The van der Waals surface area contributed by atoms with Gasteiger partial charge in [0.1, 0.15) is 11.6 Å². The van der Waals surface area contributed by atoms with E-state index in [1.807, 2.05) is 49.4 Å². The zero-order valence-electron chi connectivity index (χ0n) is 26.5. The molecule has 4 rings (SSSR count). The van der Waals surface area contributed by atoms with Crippen molar-refractivity contribution in [2.45, 2.75) is 33.1 Å². The van der Waals surface area contributed by atoms with Crippen molar-refractivity contribution in [1.82, 2.24) is 9.47 Å². The fraction of sp³-hybridized carbons (Fsp3) is 0.257. The Labute approximate surface area is 268 Å². The monoisotopic (exact) mass is 627 g/mol.